The maximum absolute atomic E-state index is 10.8. The molecule has 2 aromatic rings. The van der Waals surface area contributed by atoms with Gasteiger partial charge < -0.3 is 19.9 Å². The number of aliphatic hydroxyl groups is 1. The maximum atomic E-state index is 10.8. The molecule has 1 aliphatic heterocycles. The van der Waals surface area contributed by atoms with Crippen molar-refractivity contribution in [3.8, 4) is 0 Å². The van der Waals surface area contributed by atoms with E-state index in [1.165, 1.54) is 12.4 Å². The minimum atomic E-state index is -1.22. The quantitative estimate of drug-likeness (QED) is 0.808. The van der Waals surface area contributed by atoms with E-state index in [0.717, 1.165) is 30.2 Å². The molecule has 3 heterocycles. The molecule has 1 saturated heterocycles. The summed E-state index contributed by atoms with van der Waals surface area (Å²) in [7, 11) is 0. The molecular weight excluding hydrogens is 308 g/mol. The predicted molar refractivity (Wildman–Crippen MR) is 84.4 cm³/mol. The van der Waals surface area contributed by atoms with Crippen molar-refractivity contribution in [2.45, 2.75) is 13.5 Å². The van der Waals surface area contributed by atoms with Gasteiger partial charge in [-0.2, -0.15) is 5.10 Å². The number of fused-ring (bicyclic) bond motifs is 1. The zero-order valence-electron chi connectivity index (χ0n) is 13.4. The Hall–Kier alpha value is -2.41. The van der Waals surface area contributed by atoms with Crippen molar-refractivity contribution in [3.63, 3.8) is 0 Å². The Morgan fingerprint density at radius 1 is 1.38 bits per heavy atom. The second-order valence-corrected chi connectivity index (χ2v) is 6.71. The number of carboxylic acids is 1. The van der Waals surface area contributed by atoms with E-state index in [-0.39, 0.29) is 5.56 Å². The first kappa shape index (κ1) is 15.1. The van der Waals surface area contributed by atoms with Gasteiger partial charge in [0.25, 0.3) is 0 Å². The molecule has 0 radical (unpaired) electrons. The summed E-state index contributed by atoms with van der Waals surface area (Å²) in [5, 5.41) is 24.1. The summed E-state index contributed by atoms with van der Waals surface area (Å²) in [5.74, 6) is 1.46. The number of rotatable bonds is 5. The smallest absolute Gasteiger partial charge is 0.128 e. The van der Waals surface area contributed by atoms with E-state index >= 15 is 0 Å². The average Bonchev–Trinajstić information content (AvgIpc) is 2.95. The minimum absolute atomic E-state index is 0.0759. The number of aromatic carboxylic acids is 1. The van der Waals surface area contributed by atoms with Gasteiger partial charge in [0, 0.05) is 37.2 Å². The molecule has 0 amide bonds. The highest BCUT2D eigenvalue weighted by Crippen LogP contribution is 2.51. The van der Waals surface area contributed by atoms with Gasteiger partial charge in [-0.25, -0.2) is 4.98 Å². The largest absolute Gasteiger partial charge is 0.545 e. The van der Waals surface area contributed by atoms with E-state index in [1.807, 2.05) is 19.1 Å². The Morgan fingerprint density at radius 2 is 2.12 bits per heavy atom. The molecule has 2 aliphatic rings. The van der Waals surface area contributed by atoms with Crippen LogP contribution in [0.15, 0.2) is 24.5 Å². The fourth-order valence-corrected chi connectivity index (χ4v) is 3.76. The van der Waals surface area contributed by atoms with Crippen molar-refractivity contribution in [2.24, 2.45) is 17.8 Å². The molecule has 126 valence electrons. The monoisotopic (exact) mass is 327 g/mol. The van der Waals surface area contributed by atoms with E-state index in [1.54, 1.807) is 4.68 Å². The number of pyridine rings is 1. The number of hydrogen-bond acceptors (Lipinski definition) is 6. The normalized spacial score (nSPS) is 24.9. The van der Waals surface area contributed by atoms with Gasteiger partial charge in [-0.1, -0.05) is 6.07 Å². The molecule has 0 bridgehead atoms. The third kappa shape index (κ3) is 2.54. The van der Waals surface area contributed by atoms with Crippen molar-refractivity contribution in [2.75, 3.05) is 24.6 Å². The summed E-state index contributed by atoms with van der Waals surface area (Å²) < 4.78 is 1.58. The lowest BCUT2D eigenvalue weighted by Gasteiger charge is -2.21. The lowest BCUT2D eigenvalue weighted by atomic mass is 10.2. The van der Waals surface area contributed by atoms with Gasteiger partial charge in [0.2, 0.25) is 0 Å². The number of nitrogens with zero attached hydrogens (tertiary/aromatic N) is 4. The number of carboxylic acid groups (broad SMARTS) is 1. The van der Waals surface area contributed by atoms with Crippen molar-refractivity contribution >= 4 is 11.8 Å². The van der Waals surface area contributed by atoms with E-state index in [2.05, 4.69) is 10.00 Å². The first-order valence-electron chi connectivity index (χ1n) is 8.13. The standard InChI is InChI=1S/C17H20N4O3/c1-10-11(5-21-6-12(4-18-21)17(23)24)2-3-16(19-10)20-7-13-14(8-20)15(13)9-22/h2-4,6,13-15,22H,5,7-9H2,1H3,(H,23,24)/p-1/t13-,14+,15?. The second kappa shape index (κ2) is 5.59. The number of aromatic nitrogens is 3. The molecule has 2 aromatic heterocycles. The Kier molecular flexibility index (Phi) is 3.53. The van der Waals surface area contributed by atoms with Gasteiger partial charge in [-0.05, 0) is 36.3 Å². The molecule has 1 aliphatic carbocycles. The number of hydrogen-bond donors (Lipinski definition) is 1. The topological polar surface area (TPSA) is 94.3 Å². The zero-order valence-corrected chi connectivity index (χ0v) is 13.4. The third-order valence-electron chi connectivity index (χ3n) is 5.29. The van der Waals surface area contributed by atoms with Crippen LogP contribution in [0.25, 0.3) is 0 Å². The van der Waals surface area contributed by atoms with Crippen LogP contribution in [0.2, 0.25) is 0 Å². The average molecular weight is 327 g/mol. The van der Waals surface area contributed by atoms with Crippen LogP contribution in [0.1, 0.15) is 21.6 Å². The van der Waals surface area contributed by atoms with Crippen LogP contribution in [0.3, 0.4) is 0 Å². The summed E-state index contributed by atoms with van der Waals surface area (Å²) in [4.78, 5) is 17.8. The SMILES string of the molecule is Cc1nc(N2C[C@@H]3C(CO)[C@@H]3C2)ccc1Cn1cc(C(=O)[O-])cn1. The van der Waals surface area contributed by atoms with Gasteiger partial charge in [0.15, 0.2) is 0 Å². The Labute approximate surface area is 139 Å². The lowest BCUT2D eigenvalue weighted by Crippen LogP contribution is -2.26. The van der Waals surface area contributed by atoms with Crippen molar-refractivity contribution in [1.82, 2.24) is 14.8 Å². The van der Waals surface area contributed by atoms with Gasteiger partial charge in [-0.15, -0.1) is 0 Å². The fraction of sp³-hybridized carbons (Fsp3) is 0.471. The molecule has 0 aromatic carbocycles. The van der Waals surface area contributed by atoms with E-state index < -0.39 is 5.97 Å². The highest BCUT2D eigenvalue weighted by molar-refractivity contribution is 5.84. The molecule has 4 rings (SSSR count). The van der Waals surface area contributed by atoms with E-state index in [0.29, 0.717) is 30.9 Å². The fourth-order valence-electron chi connectivity index (χ4n) is 3.76. The van der Waals surface area contributed by atoms with E-state index in [9.17, 15) is 15.0 Å². The van der Waals surface area contributed by atoms with Crippen molar-refractivity contribution in [3.05, 3.63) is 41.3 Å². The van der Waals surface area contributed by atoms with Crippen LogP contribution in [-0.2, 0) is 6.54 Å². The molecule has 2 fully saturated rings. The summed E-state index contributed by atoms with van der Waals surface area (Å²) in [5.41, 5.74) is 1.99. The van der Waals surface area contributed by atoms with E-state index in [4.69, 9.17) is 4.98 Å². The first-order valence-corrected chi connectivity index (χ1v) is 8.13. The van der Waals surface area contributed by atoms with Crippen LogP contribution in [0.5, 0.6) is 0 Å². The number of anilines is 1. The Morgan fingerprint density at radius 3 is 2.71 bits per heavy atom. The molecule has 0 spiro atoms. The number of carbonyl (C=O) groups is 1. The molecule has 24 heavy (non-hydrogen) atoms. The Balaban J connectivity index is 1.45. The number of piperidine rings is 1. The lowest BCUT2D eigenvalue weighted by molar-refractivity contribution is -0.255. The van der Waals surface area contributed by atoms with Gasteiger partial charge in [0.05, 0.1) is 18.7 Å². The molecule has 1 unspecified atom stereocenters. The highest BCUT2D eigenvalue weighted by atomic mass is 16.4. The first-order chi connectivity index (χ1) is 11.6. The molecular formula is C17H19N4O3-. The predicted octanol–water partition coefficient (Wildman–Crippen LogP) is -0.327. The van der Waals surface area contributed by atoms with Gasteiger partial charge >= 0.3 is 0 Å². The van der Waals surface area contributed by atoms with Crippen LogP contribution in [0.4, 0.5) is 5.82 Å². The number of carbonyl (C=O) groups excluding carboxylic acids is 1. The summed E-state index contributed by atoms with van der Waals surface area (Å²) in [6.45, 7) is 4.66. The van der Waals surface area contributed by atoms with Crippen molar-refractivity contribution < 1.29 is 15.0 Å². The second-order valence-electron chi connectivity index (χ2n) is 6.71. The highest BCUT2D eigenvalue weighted by Gasteiger charge is 2.55. The van der Waals surface area contributed by atoms with Gasteiger partial charge in [-0.3, -0.25) is 4.68 Å². The van der Waals surface area contributed by atoms with Crippen molar-refractivity contribution in [1.29, 1.82) is 0 Å². The van der Waals surface area contributed by atoms with Gasteiger partial charge in [0.1, 0.15) is 5.82 Å². The number of aliphatic hydroxyl groups excluding tert-OH is 1. The molecule has 1 N–H and O–H groups in total. The zero-order chi connectivity index (χ0) is 16.8. The third-order valence-corrected chi connectivity index (χ3v) is 5.29. The molecule has 7 nitrogen and oxygen atoms in total. The van der Waals surface area contributed by atoms with Crippen LogP contribution < -0.4 is 10.0 Å². The van der Waals surface area contributed by atoms with Crippen LogP contribution >= 0.6 is 0 Å². The summed E-state index contributed by atoms with van der Waals surface area (Å²) >= 11 is 0. The molecule has 3 atom stereocenters. The van der Waals surface area contributed by atoms with Crippen LogP contribution in [-0.4, -0.2) is 45.5 Å². The number of aryl methyl sites for hydroxylation is 1. The summed E-state index contributed by atoms with van der Waals surface area (Å²) in [6, 6.07) is 4.02. The molecule has 7 heteroatoms. The Bertz CT molecular complexity index is 776. The summed E-state index contributed by atoms with van der Waals surface area (Å²) in [6.07, 6.45) is 2.76. The van der Waals surface area contributed by atoms with Crippen LogP contribution in [0, 0.1) is 24.7 Å². The molecule has 1 saturated carbocycles. The minimum Gasteiger partial charge on any atom is -0.545 e. The maximum Gasteiger partial charge on any atom is 0.128 e.